The summed E-state index contributed by atoms with van der Waals surface area (Å²) in [5, 5.41) is 9.07. The summed E-state index contributed by atoms with van der Waals surface area (Å²) in [4.78, 5) is 4.30. The first kappa shape index (κ1) is 23.7. The molecule has 2 heterocycles. The zero-order valence-electron chi connectivity index (χ0n) is 18.2. The molecule has 172 valence electrons. The number of pyridine rings is 1. The highest BCUT2D eigenvalue weighted by Gasteiger charge is 2.28. The van der Waals surface area contributed by atoms with E-state index in [1.54, 1.807) is 38.4 Å². The number of hydrogen-bond acceptors (Lipinski definition) is 7. The Hall–Kier alpha value is -2.98. The van der Waals surface area contributed by atoms with Gasteiger partial charge in [0, 0.05) is 51.6 Å². The third-order valence-corrected chi connectivity index (χ3v) is 6.60. The number of methoxy groups -OCH3 is 1. The number of hydrogen-bond donors (Lipinski definition) is 4. The molecule has 0 amide bonds. The lowest BCUT2D eigenvalue weighted by atomic mass is 9.96. The van der Waals surface area contributed by atoms with E-state index in [0.29, 0.717) is 23.5 Å². The van der Waals surface area contributed by atoms with Crippen molar-refractivity contribution in [3.63, 3.8) is 0 Å². The lowest BCUT2D eigenvalue weighted by Gasteiger charge is -2.33. The molecule has 3 rings (SSSR count). The number of benzene rings is 1. The highest BCUT2D eigenvalue weighted by molar-refractivity contribution is 7.91. The predicted molar refractivity (Wildman–Crippen MR) is 123 cm³/mol. The van der Waals surface area contributed by atoms with Gasteiger partial charge >= 0.3 is 0 Å². The van der Waals surface area contributed by atoms with Crippen LogP contribution in [-0.2, 0) is 15.5 Å². The zero-order valence-corrected chi connectivity index (χ0v) is 19.0. The topological polar surface area (TPSA) is 99.1 Å². The van der Waals surface area contributed by atoms with Gasteiger partial charge < -0.3 is 20.7 Å². The molecule has 32 heavy (non-hydrogen) atoms. The van der Waals surface area contributed by atoms with Crippen LogP contribution in [0.1, 0.15) is 18.1 Å². The van der Waals surface area contributed by atoms with Gasteiger partial charge in [0.15, 0.2) is 0 Å². The second-order valence-electron chi connectivity index (χ2n) is 7.68. The molecule has 1 aliphatic heterocycles. The second kappa shape index (κ2) is 9.66. The van der Waals surface area contributed by atoms with E-state index in [2.05, 4.69) is 20.9 Å². The summed E-state index contributed by atoms with van der Waals surface area (Å²) in [6.45, 7) is 2.29. The molecule has 2 aromatic rings. The number of halogens is 2. The fourth-order valence-electron chi connectivity index (χ4n) is 3.36. The van der Waals surface area contributed by atoms with Crippen molar-refractivity contribution in [2.75, 3.05) is 31.8 Å². The van der Waals surface area contributed by atoms with Crippen LogP contribution in [0, 0.1) is 10.6 Å². The van der Waals surface area contributed by atoms with Crippen LogP contribution in [0.25, 0.3) is 5.57 Å². The van der Waals surface area contributed by atoms with Crippen molar-refractivity contribution in [1.82, 2.24) is 15.6 Å². The number of allylic oxidation sites excluding steroid dienone is 2. The molecular formula is C22H27F2N5O2S. The first-order chi connectivity index (χ1) is 15.1. The van der Waals surface area contributed by atoms with Crippen LogP contribution in [0.3, 0.4) is 0 Å². The van der Waals surface area contributed by atoms with Crippen molar-refractivity contribution in [2.24, 2.45) is 0 Å². The van der Waals surface area contributed by atoms with Gasteiger partial charge in [-0.1, -0.05) is 0 Å². The van der Waals surface area contributed by atoms with Gasteiger partial charge in [0.2, 0.25) is 0 Å². The number of dihydropyridines is 1. The monoisotopic (exact) mass is 463 g/mol. The normalized spacial score (nSPS) is 19.9. The summed E-state index contributed by atoms with van der Waals surface area (Å²) in [5.41, 5.74) is 0.444. The lowest BCUT2D eigenvalue weighted by molar-refractivity contribution is 0.409. The van der Waals surface area contributed by atoms with Gasteiger partial charge in [-0.3, -0.25) is 4.78 Å². The van der Waals surface area contributed by atoms with Crippen molar-refractivity contribution in [3.05, 3.63) is 71.6 Å². The molecule has 2 atom stereocenters. The zero-order chi connectivity index (χ0) is 23.4. The SMILES string of the molecule is CNCCS(=N)(=O)Cc1ccnc(NC2(C)C=C(c3ccc(F)cc3OC)C(F)=CN2)c1. The molecule has 2 unspecified atom stereocenters. The average Bonchev–Trinajstić information content (AvgIpc) is 2.74. The Balaban J connectivity index is 1.86. The predicted octanol–water partition coefficient (Wildman–Crippen LogP) is 3.62. The molecule has 0 aliphatic carbocycles. The minimum Gasteiger partial charge on any atom is -0.496 e. The van der Waals surface area contributed by atoms with Crippen molar-refractivity contribution in [1.29, 1.82) is 4.78 Å². The Morgan fingerprint density at radius 2 is 2.06 bits per heavy atom. The average molecular weight is 464 g/mol. The van der Waals surface area contributed by atoms with Crippen LogP contribution < -0.4 is 20.7 Å². The van der Waals surface area contributed by atoms with Crippen molar-refractivity contribution in [3.8, 4) is 5.75 Å². The standard InChI is InChI=1S/C22H27F2N5O2S/c1-22(29-21-10-15(6-7-27-21)14-32(25,30)9-8-26-2)12-18(19(24)13-28-22)17-5-4-16(23)11-20(17)31-3/h4-7,10-13,25-26,28H,8-9,14H2,1-3H3,(H,27,29). The van der Waals surface area contributed by atoms with E-state index < -0.39 is 27.0 Å². The van der Waals surface area contributed by atoms with E-state index in [0.717, 1.165) is 0 Å². The summed E-state index contributed by atoms with van der Waals surface area (Å²) in [7, 11) is 0.376. The summed E-state index contributed by atoms with van der Waals surface area (Å²) in [6.07, 6.45) is 4.43. The van der Waals surface area contributed by atoms with E-state index in [-0.39, 0.29) is 22.8 Å². The first-order valence-corrected chi connectivity index (χ1v) is 11.9. The summed E-state index contributed by atoms with van der Waals surface area (Å²) >= 11 is 0. The molecule has 0 saturated heterocycles. The molecule has 1 aromatic carbocycles. The second-order valence-corrected chi connectivity index (χ2v) is 10.0. The molecule has 0 spiro atoms. The maximum Gasteiger partial charge on any atom is 0.146 e. The Labute approximate surface area is 187 Å². The molecule has 1 aliphatic rings. The maximum atomic E-state index is 14.7. The summed E-state index contributed by atoms with van der Waals surface area (Å²) in [5.74, 6) is 0.0539. The van der Waals surface area contributed by atoms with Gasteiger partial charge in [-0.25, -0.2) is 18.0 Å². The highest BCUT2D eigenvalue weighted by atomic mass is 32.2. The minimum atomic E-state index is -2.77. The van der Waals surface area contributed by atoms with Crippen LogP contribution in [0.5, 0.6) is 5.75 Å². The van der Waals surface area contributed by atoms with E-state index in [1.165, 1.54) is 31.5 Å². The van der Waals surface area contributed by atoms with Crippen LogP contribution in [0.4, 0.5) is 14.6 Å². The van der Waals surface area contributed by atoms with E-state index in [9.17, 15) is 13.0 Å². The number of nitrogens with zero attached hydrogens (tertiary/aromatic N) is 1. The third-order valence-electron chi connectivity index (χ3n) is 4.94. The van der Waals surface area contributed by atoms with Gasteiger partial charge in [0.1, 0.15) is 28.9 Å². The van der Waals surface area contributed by atoms with E-state index in [1.807, 2.05) is 0 Å². The maximum absolute atomic E-state index is 14.7. The third kappa shape index (κ3) is 5.83. The largest absolute Gasteiger partial charge is 0.496 e. The molecule has 0 radical (unpaired) electrons. The fourth-order valence-corrected chi connectivity index (χ4v) is 4.76. The number of ether oxygens (including phenoxy) is 1. The van der Waals surface area contributed by atoms with E-state index >= 15 is 0 Å². The van der Waals surface area contributed by atoms with Gasteiger partial charge in [0.25, 0.3) is 0 Å². The number of anilines is 1. The number of aromatic nitrogens is 1. The smallest absolute Gasteiger partial charge is 0.146 e. The molecule has 4 N–H and O–H groups in total. The van der Waals surface area contributed by atoms with Gasteiger partial charge in [-0.05, 0) is 49.9 Å². The van der Waals surface area contributed by atoms with Crippen molar-refractivity contribution in [2.45, 2.75) is 18.3 Å². The minimum absolute atomic E-state index is 0.110. The van der Waals surface area contributed by atoms with Crippen molar-refractivity contribution < 1.29 is 17.7 Å². The molecule has 0 bridgehead atoms. The summed E-state index contributed by atoms with van der Waals surface area (Å²) < 4.78 is 54.0. The van der Waals surface area contributed by atoms with Crippen LogP contribution in [0.15, 0.2) is 54.6 Å². The molecule has 0 fully saturated rings. The van der Waals surface area contributed by atoms with Crippen molar-refractivity contribution >= 4 is 21.1 Å². The van der Waals surface area contributed by atoms with E-state index in [4.69, 9.17) is 9.52 Å². The Bertz CT molecular complexity index is 1150. The Morgan fingerprint density at radius 1 is 1.28 bits per heavy atom. The number of rotatable bonds is 9. The highest BCUT2D eigenvalue weighted by Crippen LogP contribution is 2.36. The Kier molecular flexibility index (Phi) is 7.15. The van der Waals surface area contributed by atoms with Crippen LogP contribution in [-0.4, -0.2) is 41.3 Å². The lowest BCUT2D eigenvalue weighted by Crippen LogP contribution is -2.47. The molecule has 7 nitrogen and oxygen atoms in total. The first-order valence-electron chi connectivity index (χ1n) is 9.97. The van der Waals surface area contributed by atoms with Crippen LogP contribution in [0.2, 0.25) is 0 Å². The quantitative estimate of drug-likeness (QED) is 0.453. The number of nitrogens with one attached hydrogen (secondary N) is 4. The van der Waals surface area contributed by atoms with Gasteiger partial charge in [-0.2, -0.15) is 0 Å². The molecule has 10 heteroatoms. The van der Waals surface area contributed by atoms with Crippen LogP contribution >= 0.6 is 0 Å². The fraction of sp³-hybridized carbons (Fsp3) is 0.318. The Morgan fingerprint density at radius 3 is 2.78 bits per heavy atom. The van der Waals surface area contributed by atoms with Gasteiger partial charge in [-0.15, -0.1) is 0 Å². The van der Waals surface area contributed by atoms with Gasteiger partial charge in [0.05, 0.1) is 12.9 Å². The molecule has 0 saturated carbocycles. The molecular weight excluding hydrogens is 436 g/mol. The molecule has 1 aromatic heterocycles. The summed E-state index contributed by atoms with van der Waals surface area (Å²) in [6, 6.07) is 7.36.